The SMILES string of the molecule is COCCNCCNC(=O)c1cnc2ccccc2n1. The molecule has 6 nitrogen and oxygen atoms in total. The van der Waals surface area contributed by atoms with Gasteiger partial charge in [-0.3, -0.25) is 9.78 Å². The lowest BCUT2D eigenvalue weighted by molar-refractivity contribution is 0.0948. The van der Waals surface area contributed by atoms with Gasteiger partial charge in [0.1, 0.15) is 5.69 Å². The first-order valence-corrected chi connectivity index (χ1v) is 6.51. The predicted molar refractivity (Wildman–Crippen MR) is 76.6 cm³/mol. The molecule has 2 aromatic rings. The highest BCUT2D eigenvalue weighted by Crippen LogP contribution is 2.08. The third-order valence-corrected chi connectivity index (χ3v) is 2.75. The number of benzene rings is 1. The molecule has 20 heavy (non-hydrogen) atoms. The number of carbonyl (C=O) groups is 1. The molecular weight excluding hydrogens is 256 g/mol. The third kappa shape index (κ3) is 3.97. The fourth-order valence-corrected chi connectivity index (χ4v) is 1.72. The van der Waals surface area contributed by atoms with E-state index in [-0.39, 0.29) is 5.91 Å². The average Bonchev–Trinajstić information content (AvgIpc) is 2.50. The number of hydrogen-bond donors (Lipinski definition) is 2. The molecule has 1 heterocycles. The van der Waals surface area contributed by atoms with Crippen LogP contribution in [0.1, 0.15) is 10.5 Å². The van der Waals surface area contributed by atoms with Crippen LogP contribution in [-0.2, 0) is 4.74 Å². The maximum Gasteiger partial charge on any atom is 0.271 e. The summed E-state index contributed by atoms with van der Waals surface area (Å²) in [5, 5.41) is 5.94. The Morgan fingerprint density at radius 1 is 1.20 bits per heavy atom. The van der Waals surface area contributed by atoms with Crippen molar-refractivity contribution >= 4 is 16.9 Å². The Morgan fingerprint density at radius 3 is 2.80 bits per heavy atom. The number of nitrogens with one attached hydrogen (secondary N) is 2. The van der Waals surface area contributed by atoms with Crippen molar-refractivity contribution in [3.05, 3.63) is 36.2 Å². The smallest absolute Gasteiger partial charge is 0.271 e. The summed E-state index contributed by atoms with van der Waals surface area (Å²) in [6.45, 7) is 2.65. The second-order valence-electron chi connectivity index (χ2n) is 4.24. The summed E-state index contributed by atoms with van der Waals surface area (Å²) in [5.41, 5.74) is 1.84. The van der Waals surface area contributed by atoms with Crippen LogP contribution in [-0.4, -0.2) is 49.2 Å². The van der Waals surface area contributed by atoms with E-state index in [9.17, 15) is 4.79 Å². The summed E-state index contributed by atoms with van der Waals surface area (Å²) in [6.07, 6.45) is 1.50. The molecule has 0 radical (unpaired) electrons. The predicted octanol–water partition coefficient (Wildman–Crippen LogP) is 0.596. The Kier molecular flexibility index (Phi) is 5.40. The number of carbonyl (C=O) groups excluding carboxylic acids is 1. The van der Waals surface area contributed by atoms with E-state index in [1.165, 1.54) is 6.20 Å². The van der Waals surface area contributed by atoms with E-state index in [1.54, 1.807) is 7.11 Å². The average molecular weight is 274 g/mol. The molecule has 1 aromatic heterocycles. The molecule has 106 valence electrons. The Morgan fingerprint density at radius 2 is 2.00 bits per heavy atom. The van der Waals surface area contributed by atoms with E-state index in [4.69, 9.17) is 4.74 Å². The fraction of sp³-hybridized carbons (Fsp3) is 0.357. The van der Waals surface area contributed by atoms with Crippen LogP contribution in [0.4, 0.5) is 0 Å². The monoisotopic (exact) mass is 274 g/mol. The molecular formula is C14H18N4O2. The number of fused-ring (bicyclic) bond motifs is 1. The molecule has 6 heteroatoms. The number of ether oxygens (including phenoxy) is 1. The zero-order valence-electron chi connectivity index (χ0n) is 11.4. The maximum atomic E-state index is 11.9. The first kappa shape index (κ1) is 14.4. The second-order valence-corrected chi connectivity index (χ2v) is 4.24. The topological polar surface area (TPSA) is 76.1 Å². The van der Waals surface area contributed by atoms with Crippen molar-refractivity contribution in [2.24, 2.45) is 0 Å². The normalized spacial score (nSPS) is 10.7. The third-order valence-electron chi connectivity index (χ3n) is 2.75. The van der Waals surface area contributed by atoms with Gasteiger partial charge in [0.15, 0.2) is 0 Å². The molecule has 0 unspecified atom stereocenters. The lowest BCUT2D eigenvalue weighted by atomic mass is 10.3. The molecule has 0 saturated carbocycles. The molecule has 2 rings (SSSR count). The van der Waals surface area contributed by atoms with Crippen LogP contribution in [0.3, 0.4) is 0 Å². The lowest BCUT2D eigenvalue weighted by Crippen LogP contribution is -2.33. The number of amides is 1. The first-order chi connectivity index (χ1) is 9.81. The van der Waals surface area contributed by atoms with Gasteiger partial charge in [0, 0.05) is 26.7 Å². The van der Waals surface area contributed by atoms with Gasteiger partial charge in [0.2, 0.25) is 0 Å². The van der Waals surface area contributed by atoms with Crippen LogP contribution in [0.15, 0.2) is 30.5 Å². The van der Waals surface area contributed by atoms with Gasteiger partial charge in [-0.15, -0.1) is 0 Å². The molecule has 1 amide bonds. The van der Waals surface area contributed by atoms with Gasteiger partial charge in [0.25, 0.3) is 5.91 Å². The van der Waals surface area contributed by atoms with Crippen molar-refractivity contribution in [3.63, 3.8) is 0 Å². The minimum atomic E-state index is -0.211. The van der Waals surface area contributed by atoms with Gasteiger partial charge >= 0.3 is 0 Å². The summed E-state index contributed by atoms with van der Waals surface area (Å²) >= 11 is 0. The number of rotatable bonds is 7. The minimum Gasteiger partial charge on any atom is -0.383 e. The maximum absolute atomic E-state index is 11.9. The van der Waals surface area contributed by atoms with E-state index in [1.807, 2.05) is 24.3 Å². The van der Waals surface area contributed by atoms with E-state index >= 15 is 0 Å². The van der Waals surface area contributed by atoms with Crippen LogP contribution < -0.4 is 10.6 Å². The Hall–Kier alpha value is -2.05. The fourth-order valence-electron chi connectivity index (χ4n) is 1.72. The highest BCUT2D eigenvalue weighted by atomic mass is 16.5. The largest absolute Gasteiger partial charge is 0.383 e. The molecule has 0 aliphatic carbocycles. The van der Waals surface area contributed by atoms with Crippen molar-refractivity contribution < 1.29 is 9.53 Å². The summed E-state index contributed by atoms with van der Waals surface area (Å²) < 4.78 is 4.91. The number of para-hydroxylation sites is 2. The summed E-state index contributed by atoms with van der Waals surface area (Å²) in [5.74, 6) is -0.211. The van der Waals surface area contributed by atoms with Crippen molar-refractivity contribution in [2.75, 3.05) is 33.4 Å². The van der Waals surface area contributed by atoms with E-state index < -0.39 is 0 Å². The van der Waals surface area contributed by atoms with Gasteiger partial charge in [-0.05, 0) is 12.1 Å². The van der Waals surface area contributed by atoms with Gasteiger partial charge in [0.05, 0.1) is 23.8 Å². The molecule has 0 saturated heterocycles. The van der Waals surface area contributed by atoms with Gasteiger partial charge < -0.3 is 15.4 Å². The molecule has 0 spiro atoms. The van der Waals surface area contributed by atoms with Crippen molar-refractivity contribution in [1.82, 2.24) is 20.6 Å². The Balaban J connectivity index is 1.84. The summed E-state index contributed by atoms with van der Waals surface area (Å²) in [6, 6.07) is 7.47. The van der Waals surface area contributed by atoms with Crippen LogP contribution in [0.25, 0.3) is 11.0 Å². The Labute approximate surface area is 117 Å². The first-order valence-electron chi connectivity index (χ1n) is 6.51. The number of methoxy groups -OCH3 is 1. The molecule has 0 aliphatic rings. The summed E-state index contributed by atoms with van der Waals surface area (Å²) in [4.78, 5) is 20.4. The molecule has 0 bridgehead atoms. The molecule has 0 aliphatic heterocycles. The van der Waals surface area contributed by atoms with Crippen LogP contribution in [0.2, 0.25) is 0 Å². The minimum absolute atomic E-state index is 0.211. The van der Waals surface area contributed by atoms with Gasteiger partial charge in [-0.2, -0.15) is 0 Å². The number of nitrogens with zero attached hydrogens (tertiary/aromatic N) is 2. The Bertz CT molecular complexity index is 574. The van der Waals surface area contributed by atoms with Crippen molar-refractivity contribution in [3.8, 4) is 0 Å². The molecule has 0 atom stereocenters. The number of aromatic nitrogens is 2. The van der Waals surface area contributed by atoms with Gasteiger partial charge in [-0.25, -0.2) is 4.98 Å². The molecule has 0 fully saturated rings. The summed E-state index contributed by atoms with van der Waals surface area (Å²) in [7, 11) is 1.65. The van der Waals surface area contributed by atoms with Gasteiger partial charge in [-0.1, -0.05) is 12.1 Å². The second kappa shape index (κ2) is 7.52. The highest BCUT2D eigenvalue weighted by molar-refractivity contribution is 5.93. The van der Waals surface area contributed by atoms with Crippen molar-refractivity contribution in [2.45, 2.75) is 0 Å². The van der Waals surface area contributed by atoms with E-state index in [2.05, 4.69) is 20.6 Å². The standard InChI is InChI=1S/C14H18N4O2/c1-20-9-8-15-6-7-16-14(19)13-10-17-11-4-2-3-5-12(11)18-13/h2-5,10,15H,6-9H2,1H3,(H,16,19). The van der Waals surface area contributed by atoms with Crippen LogP contribution >= 0.6 is 0 Å². The molecule has 1 aromatic carbocycles. The van der Waals surface area contributed by atoms with Crippen molar-refractivity contribution in [1.29, 1.82) is 0 Å². The molecule has 2 N–H and O–H groups in total. The zero-order chi connectivity index (χ0) is 14.2. The number of hydrogen-bond acceptors (Lipinski definition) is 5. The lowest BCUT2D eigenvalue weighted by Gasteiger charge is -2.06. The highest BCUT2D eigenvalue weighted by Gasteiger charge is 2.07. The quantitative estimate of drug-likeness (QED) is 0.723. The van der Waals surface area contributed by atoms with E-state index in [0.29, 0.717) is 25.4 Å². The zero-order valence-corrected chi connectivity index (χ0v) is 11.4. The van der Waals surface area contributed by atoms with E-state index in [0.717, 1.165) is 17.6 Å². The van der Waals surface area contributed by atoms with Crippen LogP contribution in [0.5, 0.6) is 0 Å². The van der Waals surface area contributed by atoms with Crippen LogP contribution in [0, 0.1) is 0 Å².